The lowest BCUT2D eigenvalue weighted by Gasteiger charge is -2.19. The summed E-state index contributed by atoms with van der Waals surface area (Å²) in [6.07, 6.45) is 1.59. The number of aromatic nitrogens is 3. The van der Waals surface area contributed by atoms with Crippen LogP contribution in [0, 0.1) is 13.8 Å². The van der Waals surface area contributed by atoms with Crippen LogP contribution in [0.4, 0.5) is 5.69 Å². The molecule has 35 heavy (non-hydrogen) atoms. The predicted molar refractivity (Wildman–Crippen MR) is 135 cm³/mol. The second kappa shape index (κ2) is 8.98. The second-order valence-corrected chi connectivity index (χ2v) is 8.98. The summed E-state index contributed by atoms with van der Waals surface area (Å²) in [6.45, 7) is 8.79. The molecule has 1 aliphatic rings. The molecular formula is C28H28N4O3. The molecular weight excluding hydrogens is 440 g/mol. The highest BCUT2D eigenvalue weighted by atomic mass is 16.5. The fourth-order valence-corrected chi connectivity index (χ4v) is 4.86. The Bertz CT molecular complexity index is 1470. The summed E-state index contributed by atoms with van der Waals surface area (Å²) in [6, 6.07) is 15.2. The van der Waals surface area contributed by atoms with Gasteiger partial charge in [-0.2, -0.15) is 0 Å². The number of carbonyl (C=O) groups excluding carboxylic acids is 2. The van der Waals surface area contributed by atoms with Crippen LogP contribution in [0.3, 0.4) is 0 Å². The lowest BCUT2D eigenvalue weighted by molar-refractivity contribution is -0.131. The van der Waals surface area contributed by atoms with Crippen molar-refractivity contribution in [2.45, 2.75) is 47.1 Å². The molecule has 0 fully saturated rings. The maximum atomic E-state index is 13.4. The van der Waals surface area contributed by atoms with Gasteiger partial charge in [-0.25, -0.2) is 9.97 Å². The van der Waals surface area contributed by atoms with Crippen LogP contribution in [0.2, 0.25) is 0 Å². The van der Waals surface area contributed by atoms with Crippen LogP contribution in [0.15, 0.2) is 48.5 Å². The van der Waals surface area contributed by atoms with Gasteiger partial charge in [-0.05, 0) is 61.2 Å². The first-order valence-electron chi connectivity index (χ1n) is 11.9. The second-order valence-electron chi connectivity index (χ2n) is 8.98. The van der Waals surface area contributed by atoms with Gasteiger partial charge in [0.2, 0.25) is 0 Å². The molecule has 0 bridgehead atoms. The molecule has 0 unspecified atom stereocenters. The van der Waals surface area contributed by atoms with Crippen LogP contribution in [0.5, 0.6) is 5.75 Å². The molecule has 2 aromatic carbocycles. The van der Waals surface area contributed by atoms with Gasteiger partial charge in [0.15, 0.2) is 5.65 Å². The number of esters is 1. The Morgan fingerprint density at radius 3 is 2.63 bits per heavy atom. The van der Waals surface area contributed by atoms with Crippen LogP contribution in [-0.4, -0.2) is 33.0 Å². The summed E-state index contributed by atoms with van der Waals surface area (Å²) >= 11 is 0. The summed E-state index contributed by atoms with van der Waals surface area (Å²) < 4.78 is 7.46. The Morgan fingerprint density at radius 1 is 1.06 bits per heavy atom. The van der Waals surface area contributed by atoms with Crippen molar-refractivity contribution in [1.29, 1.82) is 0 Å². The van der Waals surface area contributed by atoms with Gasteiger partial charge in [0, 0.05) is 31.3 Å². The van der Waals surface area contributed by atoms with Gasteiger partial charge in [-0.3, -0.25) is 9.59 Å². The number of anilines is 1. The maximum Gasteiger partial charge on any atom is 0.308 e. The molecule has 0 saturated carbocycles. The number of carbonyl (C=O) groups is 2. The minimum absolute atomic E-state index is 0.169. The van der Waals surface area contributed by atoms with E-state index in [1.54, 1.807) is 29.2 Å². The van der Waals surface area contributed by atoms with E-state index in [0.29, 0.717) is 18.7 Å². The zero-order valence-corrected chi connectivity index (χ0v) is 20.5. The third kappa shape index (κ3) is 4.18. The third-order valence-electron chi connectivity index (χ3n) is 6.41. The fraction of sp³-hybridized carbons (Fsp3) is 0.286. The molecule has 3 heterocycles. The van der Waals surface area contributed by atoms with Gasteiger partial charge in [0.25, 0.3) is 5.91 Å². The van der Waals surface area contributed by atoms with Crippen molar-refractivity contribution in [3.8, 4) is 5.75 Å². The number of ether oxygens (including phenoxy) is 1. The number of aryl methyl sites for hydroxylation is 3. The van der Waals surface area contributed by atoms with E-state index < -0.39 is 5.97 Å². The van der Waals surface area contributed by atoms with E-state index >= 15 is 0 Å². The van der Waals surface area contributed by atoms with Crippen molar-refractivity contribution >= 4 is 28.7 Å². The zero-order chi connectivity index (χ0) is 24.7. The van der Waals surface area contributed by atoms with Gasteiger partial charge >= 0.3 is 5.97 Å². The molecule has 178 valence electrons. The summed E-state index contributed by atoms with van der Waals surface area (Å²) in [5, 5.41) is 0. The molecule has 4 aromatic rings. The van der Waals surface area contributed by atoms with Crippen LogP contribution < -0.4 is 9.64 Å². The number of benzene rings is 2. The Kier molecular flexibility index (Phi) is 5.84. The number of hydrogen-bond acceptors (Lipinski definition) is 5. The van der Waals surface area contributed by atoms with Crippen molar-refractivity contribution in [2.24, 2.45) is 0 Å². The van der Waals surface area contributed by atoms with Crippen LogP contribution in [0.25, 0.3) is 11.2 Å². The molecule has 2 aromatic heterocycles. The van der Waals surface area contributed by atoms with E-state index in [1.165, 1.54) is 6.92 Å². The smallest absolute Gasteiger partial charge is 0.308 e. The molecule has 0 aliphatic carbocycles. The van der Waals surface area contributed by atoms with E-state index in [0.717, 1.165) is 57.9 Å². The van der Waals surface area contributed by atoms with Crippen LogP contribution in [0.1, 0.15) is 52.4 Å². The quantitative estimate of drug-likeness (QED) is 0.311. The molecule has 0 N–H and O–H groups in total. The van der Waals surface area contributed by atoms with Gasteiger partial charge in [-0.15, -0.1) is 0 Å². The number of amides is 1. The van der Waals surface area contributed by atoms with E-state index in [2.05, 4.69) is 36.6 Å². The Morgan fingerprint density at radius 2 is 1.86 bits per heavy atom. The first-order chi connectivity index (χ1) is 16.9. The highest BCUT2D eigenvalue weighted by Gasteiger charge is 2.28. The average Bonchev–Trinajstić information content (AvgIpc) is 3.40. The normalized spacial score (nSPS) is 12.7. The Labute approximate surface area is 204 Å². The SMILES string of the molecule is CCc1nc2c(C)cc(C)nc2n1Cc1ccc2c(c1)CCN2C(=O)c1ccccc1OC(C)=O. The monoisotopic (exact) mass is 468 g/mol. The zero-order valence-electron chi connectivity index (χ0n) is 20.5. The summed E-state index contributed by atoms with van der Waals surface area (Å²) in [5.41, 5.74) is 7.54. The Hall–Kier alpha value is -4.00. The summed E-state index contributed by atoms with van der Waals surface area (Å²) in [5.74, 6) is 0.681. The van der Waals surface area contributed by atoms with Gasteiger partial charge < -0.3 is 14.2 Å². The Balaban J connectivity index is 1.45. The lowest BCUT2D eigenvalue weighted by Crippen LogP contribution is -2.29. The number of hydrogen-bond donors (Lipinski definition) is 0. The first-order valence-corrected chi connectivity index (χ1v) is 11.9. The largest absolute Gasteiger partial charge is 0.426 e. The van der Waals surface area contributed by atoms with Gasteiger partial charge in [0.1, 0.15) is 17.1 Å². The summed E-state index contributed by atoms with van der Waals surface area (Å²) in [4.78, 5) is 36.2. The first kappa shape index (κ1) is 22.8. The van der Waals surface area contributed by atoms with Crippen molar-refractivity contribution in [3.63, 3.8) is 0 Å². The van der Waals surface area contributed by atoms with Crippen molar-refractivity contribution in [2.75, 3.05) is 11.4 Å². The van der Waals surface area contributed by atoms with Crippen LogP contribution in [-0.2, 0) is 24.2 Å². The van der Waals surface area contributed by atoms with Gasteiger partial charge in [0.05, 0.1) is 12.1 Å². The maximum absolute atomic E-state index is 13.4. The molecule has 0 radical (unpaired) electrons. The van der Waals surface area contributed by atoms with E-state index in [-0.39, 0.29) is 11.7 Å². The van der Waals surface area contributed by atoms with Gasteiger partial charge in [-0.1, -0.05) is 31.2 Å². The number of pyridine rings is 1. The highest BCUT2D eigenvalue weighted by Crippen LogP contribution is 2.32. The number of imidazole rings is 1. The molecule has 7 heteroatoms. The highest BCUT2D eigenvalue weighted by molar-refractivity contribution is 6.09. The molecule has 5 rings (SSSR count). The fourth-order valence-electron chi connectivity index (χ4n) is 4.86. The predicted octanol–water partition coefficient (Wildman–Crippen LogP) is 4.79. The lowest BCUT2D eigenvalue weighted by atomic mass is 10.1. The third-order valence-corrected chi connectivity index (χ3v) is 6.41. The molecule has 0 saturated heterocycles. The molecule has 1 aliphatic heterocycles. The molecule has 1 amide bonds. The number of nitrogens with zero attached hydrogens (tertiary/aromatic N) is 4. The molecule has 0 atom stereocenters. The number of para-hydroxylation sites is 1. The number of fused-ring (bicyclic) bond motifs is 2. The average molecular weight is 469 g/mol. The van der Waals surface area contributed by atoms with E-state index in [9.17, 15) is 9.59 Å². The van der Waals surface area contributed by atoms with Crippen molar-refractivity contribution in [3.05, 3.63) is 82.3 Å². The van der Waals surface area contributed by atoms with E-state index in [1.807, 2.05) is 13.0 Å². The van der Waals surface area contributed by atoms with Crippen molar-refractivity contribution in [1.82, 2.24) is 14.5 Å². The number of rotatable bonds is 5. The minimum atomic E-state index is -0.449. The molecule has 7 nitrogen and oxygen atoms in total. The minimum Gasteiger partial charge on any atom is -0.426 e. The summed E-state index contributed by atoms with van der Waals surface area (Å²) in [7, 11) is 0. The van der Waals surface area contributed by atoms with Crippen molar-refractivity contribution < 1.29 is 14.3 Å². The standard InChI is InChI=1S/C28H28N4O3/c1-5-25-30-26-17(2)14-18(3)29-27(26)32(25)16-20-10-11-23-21(15-20)12-13-31(23)28(34)22-8-6-7-9-24(22)35-19(4)33/h6-11,14-15H,5,12-13,16H2,1-4H3. The molecule has 0 spiro atoms. The van der Waals surface area contributed by atoms with Crippen LogP contribution >= 0.6 is 0 Å². The topological polar surface area (TPSA) is 77.3 Å². The van der Waals surface area contributed by atoms with E-state index in [4.69, 9.17) is 14.7 Å².